The third-order valence-electron chi connectivity index (χ3n) is 2.24. The van der Waals surface area contributed by atoms with Gasteiger partial charge in [0.25, 0.3) is 0 Å². The molecule has 0 spiro atoms. The van der Waals surface area contributed by atoms with Crippen LogP contribution in [0.2, 0.25) is 0 Å². The molecule has 1 aromatic rings. The van der Waals surface area contributed by atoms with Crippen molar-refractivity contribution in [2.45, 2.75) is 26.7 Å². The van der Waals surface area contributed by atoms with Crippen LogP contribution in [0.5, 0.6) is 5.75 Å². The van der Waals surface area contributed by atoms with Gasteiger partial charge in [-0.2, -0.15) is 0 Å². The highest BCUT2D eigenvalue weighted by molar-refractivity contribution is 5.54. The van der Waals surface area contributed by atoms with Crippen molar-refractivity contribution in [1.29, 1.82) is 0 Å². The maximum absolute atomic E-state index is 5.36. The maximum Gasteiger partial charge on any atom is 0.122 e. The molecule has 0 radical (unpaired) electrons. The SMILES string of the molecule is CC=Cc1ccc(C(C)C)c(OC)c1. The summed E-state index contributed by atoms with van der Waals surface area (Å²) < 4.78 is 5.36. The number of allylic oxidation sites excluding steroid dienone is 1. The van der Waals surface area contributed by atoms with Crippen LogP contribution >= 0.6 is 0 Å². The zero-order valence-corrected chi connectivity index (χ0v) is 9.37. The second kappa shape index (κ2) is 4.85. The summed E-state index contributed by atoms with van der Waals surface area (Å²) in [5.74, 6) is 1.49. The van der Waals surface area contributed by atoms with Crippen molar-refractivity contribution < 1.29 is 4.74 Å². The van der Waals surface area contributed by atoms with Crippen molar-refractivity contribution in [1.82, 2.24) is 0 Å². The first-order chi connectivity index (χ1) is 6.69. The van der Waals surface area contributed by atoms with E-state index >= 15 is 0 Å². The predicted molar refractivity (Wildman–Crippen MR) is 61.8 cm³/mol. The smallest absolute Gasteiger partial charge is 0.122 e. The molecule has 0 aliphatic heterocycles. The van der Waals surface area contributed by atoms with Crippen molar-refractivity contribution in [2.75, 3.05) is 7.11 Å². The van der Waals surface area contributed by atoms with Gasteiger partial charge < -0.3 is 4.74 Å². The van der Waals surface area contributed by atoms with Crippen molar-refractivity contribution in [3.05, 3.63) is 35.4 Å². The molecule has 0 saturated heterocycles. The van der Waals surface area contributed by atoms with E-state index in [9.17, 15) is 0 Å². The molecule has 0 heterocycles. The molecule has 0 aliphatic carbocycles. The minimum Gasteiger partial charge on any atom is -0.496 e. The van der Waals surface area contributed by atoms with Crippen molar-refractivity contribution in [3.8, 4) is 5.75 Å². The molecule has 1 aromatic carbocycles. The van der Waals surface area contributed by atoms with Crippen molar-refractivity contribution >= 4 is 6.08 Å². The molecule has 1 rings (SSSR count). The van der Waals surface area contributed by atoms with E-state index in [4.69, 9.17) is 4.74 Å². The molecule has 0 fully saturated rings. The molecule has 0 bridgehead atoms. The molecule has 1 nitrogen and oxygen atoms in total. The Bertz CT molecular complexity index is 324. The van der Waals surface area contributed by atoms with Gasteiger partial charge >= 0.3 is 0 Å². The lowest BCUT2D eigenvalue weighted by Crippen LogP contribution is -1.94. The van der Waals surface area contributed by atoms with Gasteiger partial charge in [-0.1, -0.05) is 38.1 Å². The lowest BCUT2D eigenvalue weighted by atomic mass is 10.0. The Morgan fingerprint density at radius 2 is 2.00 bits per heavy atom. The first kappa shape index (κ1) is 10.8. The summed E-state index contributed by atoms with van der Waals surface area (Å²) in [6, 6.07) is 6.34. The lowest BCUT2D eigenvalue weighted by Gasteiger charge is -2.12. The molecule has 0 aliphatic rings. The number of benzene rings is 1. The molecule has 0 atom stereocenters. The normalized spacial score (nSPS) is 11.2. The van der Waals surface area contributed by atoms with Crippen LogP contribution in [0.25, 0.3) is 6.08 Å². The minimum absolute atomic E-state index is 0.504. The molecular weight excluding hydrogens is 172 g/mol. The second-order valence-electron chi connectivity index (χ2n) is 3.66. The number of ether oxygens (including phenoxy) is 1. The Morgan fingerprint density at radius 3 is 2.50 bits per heavy atom. The van der Waals surface area contributed by atoms with E-state index < -0.39 is 0 Å². The van der Waals surface area contributed by atoms with E-state index in [1.165, 1.54) is 11.1 Å². The van der Waals surface area contributed by atoms with Gasteiger partial charge in [-0.15, -0.1) is 0 Å². The van der Waals surface area contributed by atoms with E-state index in [2.05, 4.69) is 38.1 Å². The van der Waals surface area contributed by atoms with Crippen LogP contribution in [-0.4, -0.2) is 7.11 Å². The van der Waals surface area contributed by atoms with Crippen molar-refractivity contribution in [3.63, 3.8) is 0 Å². The minimum atomic E-state index is 0.504. The maximum atomic E-state index is 5.36. The zero-order valence-electron chi connectivity index (χ0n) is 9.37. The Kier molecular flexibility index (Phi) is 3.75. The highest BCUT2D eigenvalue weighted by atomic mass is 16.5. The first-order valence-electron chi connectivity index (χ1n) is 4.99. The van der Waals surface area contributed by atoms with Crippen LogP contribution in [-0.2, 0) is 0 Å². The standard InChI is InChI=1S/C13H18O/c1-5-6-11-7-8-12(10(2)3)13(9-11)14-4/h5-10H,1-4H3. The number of methoxy groups -OCH3 is 1. The number of hydrogen-bond acceptors (Lipinski definition) is 1. The van der Waals surface area contributed by atoms with E-state index in [0.717, 1.165) is 5.75 Å². The van der Waals surface area contributed by atoms with Gasteiger partial charge in [0.15, 0.2) is 0 Å². The fourth-order valence-corrected chi connectivity index (χ4v) is 1.50. The Balaban J connectivity index is 3.11. The summed E-state index contributed by atoms with van der Waals surface area (Å²) in [4.78, 5) is 0. The van der Waals surface area contributed by atoms with Gasteiger partial charge in [-0.05, 0) is 30.0 Å². The molecule has 0 saturated carbocycles. The summed E-state index contributed by atoms with van der Waals surface area (Å²) in [7, 11) is 1.72. The van der Waals surface area contributed by atoms with Crippen LogP contribution in [0.4, 0.5) is 0 Å². The highest BCUT2D eigenvalue weighted by Gasteiger charge is 2.06. The molecule has 1 heteroatoms. The lowest BCUT2D eigenvalue weighted by molar-refractivity contribution is 0.407. The van der Waals surface area contributed by atoms with Crippen molar-refractivity contribution in [2.24, 2.45) is 0 Å². The third-order valence-corrected chi connectivity index (χ3v) is 2.24. The van der Waals surface area contributed by atoms with Crippen LogP contribution in [0, 0.1) is 0 Å². The zero-order chi connectivity index (χ0) is 10.6. The van der Waals surface area contributed by atoms with Crippen LogP contribution in [0.1, 0.15) is 37.8 Å². The van der Waals surface area contributed by atoms with Gasteiger partial charge in [0, 0.05) is 0 Å². The Morgan fingerprint density at radius 1 is 1.29 bits per heavy atom. The molecule has 0 aromatic heterocycles. The second-order valence-corrected chi connectivity index (χ2v) is 3.66. The topological polar surface area (TPSA) is 9.23 Å². The highest BCUT2D eigenvalue weighted by Crippen LogP contribution is 2.27. The molecule has 76 valence electrons. The monoisotopic (exact) mass is 190 g/mol. The van der Waals surface area contributed by atoms with Crippen LogP contribution in [0.15, 0.2) is 24.3 Å². The largest absolute Gasteiger partial charge is 0.496 e. The quantitative estimate of drug-likeness (QED) is 0.703. The summed E-state index contributed by atoms with van der Waals surface area (Å²) in [6.07, 6.45) is 4.11. The van der Waals surface area contributed by atoms with Gasteiger partial charge in [0.05, 0.1) is 7.11 Å². The van der Waals surface area contributed by atoms with Crippen LogP contribution < -0.4 is 4.74 Å². The van der Waals surface area contributed by atoms with Gasteiger partial charge in [0.1, 0.15) is 5.75 Å². The molecule has 0 unspecified atom stereocenters. The van der Waals surface area contributed by atoms with Gasteiger partial charge in [-0.3, -0.25) is 0 Å². The number of hydrogen-bond donors (Lipinski definition) is 0. The van der Waals surface area contributed by atoms with Crippen LogP contribution in [0.3, 0.4) is 0 Å². The van der Waals surface area contributed by atoms with Gasteiger partial charge in [0.2, 0.25) is 0 Å². The fraction of sp³-hybridized carbons (Fsp3) is 0.385. The number of rotatable bonds is 3. The molecule has 0 N–H and O–H groups in total. The first-order valence-corrected chi connectivity index (χ1v) is 4.99. The third kappa shape index (κ3) is 2.38. The molecule has 0 amide bonds. The average molecular weight is 190 g/mol. The fourth-order valence-electron chi connectivity index (χ4n) is 1.50. The van der Waals surface area contributed by atoms with E-state index in [0.29, 0.717) is 5.92 Å². The summed E-state index contributed by atoms with van der Waals surface area (Å²) >= 11 is 0. The molecule has 14 heavy (non-hydrogen) atoms. The van der Waals surface area contributed by atoms with Gasteiger partial charge in [-0.25, -0.2) is 0 Å². The van der Waals surface area contributed by atoms with E-state index in [1.54, 1.807) is 7.11 Å². The summed E-state index contributed by atoms with van der Waals surface area (Å²) in [5.41, 5.74) is 2.45. The van der Waals surface area contributed by atoms with E-state index in [-0.39, 0.29) is 0 Å². The average Bonchev–Trinajstić information content (AvgIpc) is 2.17. The summed E-state index contributed by atoms with van der Waals surface area (Å²) in [6.45, 7) is 6.36. The Hall–Kier alpha value is -1.24. The predicted octanol–water partition coefficient (Wildman–Crippen LogP) is 3.85. The Labute approximate surface area is 86.4 Å². The van der Waals surface area contributed by atoms with E-state index in [1.807, 2.05) is 13.0 Å². The summed E-state index contributed by atoms with van der Waals surface area (Å²) in [5, 5.41) is 0. The molecular formula is C13H18O.